The minimum atomic E-state index is -0.380. The Morgan fingerprint density at radius 2 is 2.17 bits per heavy atom. The van der Waals surface area contributed by atoms with Crippen LogP contribution in [0.2, 0.25) is 0 Å². The van der Waals surface area contributed by atoms with E-state index in [-0.39, 0.29) is 24.2 Å². The lowest BCUT2D eigenvalue weighted by molar-refractivity contribution is -0.141. The van der Waals surface area contributed by atoms with E-state index in [4.69, 9.17) is 0 Å². The van der Waals surface area contributed by atoms with E-state index in [0.717, 1.165) is 0 Å². The van der Waals surface area contributed by atoms with E-state index in [2.05, 4.69) is 17.0 Å². The van der Waals surface area contributed by atoms with Crippen molar-refractivity contribution in [3.63, 3.8) is 0 Å². The zero-order valence-electron chi connectivity index (χ0n) is 7.42. The first-order valence-corrected chi connectivity index (χ1v) is 3.73. The molecule has 0 aromatic rings. The average Bonchev–Trinajstić information content (AvgIpc) is 2.11. The third-order valence-electron chi connectivity index (χ3n) is 1.54. The Morgan fingerprint density at radius 1 is 1.58 bits per heavy atom. The van der Waals surface area contributed by atoms with Crippen molar-refractivity contribution in [3.05, 3.63) is 6.92 Å². The third-order valence-corrected chi connectivity index (χ3v) is 1.54. The molecule has 1 atom stereocenters. The maximum Gasteiger partial charge on any atom is 0.305 e. The van der Waals surface area contributed by atoms with Crippen molar-refractivity contribution < 1.29 is 14.3 Å². The van der Waals surface area contributed by atoms with Gasteiger partial charge in [0.2, 0.25) is 5.91 Å². The van der Waals surface area contributed by atoms with Gasteiger partial charge >= 0.3 is 5.97 Å². The van der Waals surface area contributed by atoms with Crippen LogP contribution in [0.25, 0.3) is 0 Å². The summed E-state index contributed by atoms with van der Waals surface area (Å²) in [6, 6.07) is 0. The number of rotatable bonds is 4. The Balaban J connectivity index is 3.63. The lowest BCUT2D eigenvalue weighted by Crippen LogP contribution is -2.26. The Kier molecular flexibility index (Phi) is 5.08. The number of nitrogens with one attached hydrogen (secondary N) is 1. The normalized spacial score (nSPS) is 11.9. The lowest BCUT2D eigenvalue weighted by Gasteiger charge is -2.07. The molecule has 0 heterocycles. The molecule has 1 amide bonds. The predicted octanol–water partition coefficient (Wildman–Crippen LogP) is 0.136. The SMILES string of the molecule is [CH2]C(CCC(=O)OC)C(=O)NC. The number of methoxy groups -OCH3 is 1. The molecule has 0 bridgehead atoms. The molecule has 0 aromatic heterocycles. The fourth-order valence-corrected chi connectivity index (χ4v) is 0.729. The Morgan fingerprint density at radius 3 is 2.58 bits per heavy atom. The molecule has 4 heteroatoms. The van der Waals surface area contributed by atoms with E-state index in [9.17, 15) is 9.59 Å². The van der Waals surface area contributed by atoms with Gasteiger partial charge < -0.3 is 10.1 Å². The number of esters is 1. The molecule has 0 fully saturated rings. The van der Waals surface area contributed by atoms with Gasteiger partial charge in [-0.15, -0.1) is 0 Å². The van der Waals surface area contributed by atoms with E-state index in [1.165, 1.54) is 7.11 Å². The number of hydrogen-bond acceptors (Lipinski definition) is 3. The molecule has 69 valence electrons. The van der Waals surface area contributed by atoms with E-state index >= 15 is 0 Å². The number of carbonyl (C=O) groups excluding carboxylic acids is 2. The Labute approximate surface area is 72.3 Å². The van der Waals surface area contributed by atoms with Gasteiger partial charge in [0.25, 0.3) is 0 Å². The largest absolute Gasteiger partial charge is 0.469 e. The molecule has 4 nitrogen and oxygen atoms in total. The van der Waals surface area contributed by atoms with E-state index in [0.29, 0.717) is 6.42 Å². The molecule has 0 aromatic carbocycles. The predicted molar refractivity (Wildman–Crippen MR) is 44.2 cm³/mol. The minimum absolute atomic E-state index is 0.154. The molecule has 12 heavy (non-hydrogen) atoms. The second kappa shape index (κ2) is 5.57. The number of hydrogen-bond donors (Lipinski definition) is 1. The zero-order chi connectivity index (χ0) is 9.56. The Bertz CT molecular complexity index is 168. The van der Waals surface area contributed by atoms with Crippen LogP contribution in [-0.2, 0) is 14.3 Å². The Hall–Kier alpha value is -1.06. The molecule has 0 saturated heterocycles. The average molecular weight is 172 g/mol. The summed E-state index contributed by atoms with van der Waals surface area (Å²) in [7, 11) is 2.86. The standard InChI is InChI=1S/C8H14NO3/c1-6(8(11)9-2)4-5-7(10)12-3/h6H,1,4-5H2,2-3H3,(H,9,11). The van der Waals surface area contributed by atoms with Crippen molar-refractivity contribution in [1.82, 2.24) is 5.32 Å². The van der Waals surface area contributed by atoms with Crippen molar-refractivity contribution in [1.29, 1.82) is 0 Å². The van der Waals surface area contributed by atoms with Gasteiger partial charge in [0, 0.05) is 19.4 Å². The maximum atomic E-state index is 10.9. The highest BCUT2D eigenvalue weighted by Crippen LogP contribution is 2.05. The van der Waals surface area contributed by atoms with Crippen LogP contribution in [-0.4, -0.2) is 26.0 Å². The number of amides is 1. The van der Waals surface area contributed by atoms with Crippen LogP contribution in [0.3, 0.4) is 0 Å². The summed E-state index contributed by atoms with van der Waals surface area (Å²) >= 11 is 0. The van der Waals surface area contributed by atoms with Crippen LogP contribution in [0.15, 0.2) is 0 Å². The molecular weight excluding hydrogens is 158 g/mol. The highest BCUT2D eigenvalue weighted by atomic mass is 16.5. The highest BCUT2D eigenvalue weighted by Gasteiger charge is 2.12. The molecule has 0 rings (SSSR count). The number of carbonyl (C=O) groups is 2. The smallest absolute Gasteiger partial charge is 0.305 e. The summed E-state index contributed by atoms with van der Waals surface area (Å²) in [5.41, 5.74) is 0. The van der Waals surface area contributed by atoms with Crippen molar-refractivity contribution in [3.8, 4) is 0 Å². The summed E-state index contributed by atoms with van der Waals surface area (Å²) in [6.45, 7) is 3.60. The lowest BCUT2D eigenvalue weighted by atomic mass is 10.1. The fourth-order valence-electron chi connectivity index (χ4n) is 0.729. The molecule has 0 spiro atoms. The van der Waals surface area contributed by atoms with Crippen molar-refractivity contribution in [2.24, 2.45) is 5.92 Å². The quantitative estimate of drug-likeness (QED) is 0.613. The van der Waals surface area contributed by atoms with Gasteiger partial charge in [-0.05, 0) is 13.3 Å². The molecule has 1 radical (unpaired) electrons. The molecule has 0 saturated carbocycles. The van der Waals surface area contributed by atoms with Crippen LogP contribution in [0.4, 0.5) is 0 Å². The van der Waals surface area contributed by atoms with Gasteiger partial charge in [0.05, 0.1) is 7.11 Å². The van der Waals surface area contributed by atoms with Crippen molar-refractivity contribution in [2.75, 3.05) is 14.2 Å². The third kappa shape index (κ3) is 3.95. The van der Waals surface area contributed by atoms with Crippen LogP contribution in [0.1, 0.15) is 12.8 Å². The molecule has 0 aliphatic heterocycles. The van der Waals surface area contributed by atoms with Crippen LogP contribution >= 0.6 is 0 Å². The molecule has 1 unspecified atom stereocenters. The van der Waals surface area contributed by atoms with Gasteiger partial charge in [0.1, 0.15) is 0 Å². The van der Waals surface area contributed by atoms with E-state index in [1.54, 1.807) is 7.05 Å². The summed E-state index contributed by atoms with van der Waals surface area (Å²) in [5, 5.41) is 2.45. The van der Waals surface area contributed by atoms with Gasteiger partial charge in [-0.2, -0.15) is 0 Å². The molecule has 0 aliphatic carbocycles. The zero-order valence-corrected chi connectivity index (χ0v) is 7.42. The fraction of sp³-hybridized carbons (Fsp3) is 0.625. The summed E-state index contributed by atoms with van der Waals surface area (Å²) in [4.78, 5) is 21.5. The van der Waals surface area contributed by atoms with Gasteiger partial charge in [-0.25, -0.2) is 0 Å². The first kappa shape index (κ1) is 10.9. The summed E-state index contributed by atoms with van der Waals surface area (Å²) < 4.78 is 4.42. The topological polar surface area (TPSA) is 55.4 Å². The minimum Gasteiger partial charge on any atom is -0.469 e. The molecule has 1 N–H and O–H groups in total. The molecular formula is C8H14NO3. The van der Waals surface area contributed by atoms with E-state index in [1.807, 2.05) is 0 Å². The van der Waals surface area contributed by atoms with Gasteiger partial charge in [-0.1, -0.05) is 0 Å². The maximum absolute atomic E-state index is 10.9. The van der Waals surface area contributed by atoms with Crippen LogP contribution < -0.4 is 5.32 Å². The monoisotopic (exact) mass is 172 g/mol. The summed E-state index contributed by atoms with van der Waals surface area (Å²) in [5.74, 6) is -0.847. The molecule has 0 aliphatic rings. The second-order valence-electron chi connectivity index (χ2n) is 2.43. The van der Waals surface area contributed by atoms with Crippen molar-refractivity contribution >= 4 is 11.9 Å². The first-order valence-electron chi connectivity index (χ1n) is 3.73. The van der Waals surface area contributed by atoms with Crippen LogP contribution in [0.5, 0.6) is 0 Å². The number of ether oxygens (including phenoxy) is 1. The summed E-state index contributed by atoms with van der Waals surface area (Å²) in [6.07, 6.45) is 0.657. The van der Waals surface area contributed by atoms with E-state index < -0.39 is 0 Å². The van der Waals surface area contributed by atoms with Crippen molar-refractivity contribution in [2.45, 2.75) is 12.8 Å². The van der Waals surface area contributed by atoms with Gasteiger partial charge in [0.15, 0.2) is 0 Å². The first-order chi connectivity index (χ1) is 5.61. The highest BCUT2D eigenvalue weighted by molar-refractivity contribution is 5.79. The van der Waals surface area contributed by atoms with Gasteiger partial charge in [-0.3, -0.25) is 9.59 Å². The second-order valence-corrected chi connectivity index (χ2v) is 2.43. The van der Waals surface area contributed by atoms with Crippen LogP contribution in [0, 0.1) is 12.8 Å².